The van der Waals surface area contributed by atoms with E-state index in [0.717, 1.165) is 18.5 Å². The SMILES string of the molecule is Cc1ccc(N2CCc3cc(C=CC=C(C#N)C(=O)O)ccc32)c(C)c1. The van der Waals surface area contributed by atoms with Crippen molar-refractivity contribution in [1.29, 1.82) is 5.26 Å². The molecule has 0 fully saturated rings. The lowest BCUT2D eigenvalue weighted by molar-refractivity contribution is -0.132. The third kappa shape index (κ3) is 3.52. The van der Waals surface area contributed by atoms with Gasteiger partial charge in [0, 0.05) is 17.9 Å². The van der Waals surface area contributed by atoms with Gasteiger partial charge >= 0.3 is 5.97 Å². The van der Waals surface area contributed by atoms with Crippen molar-refractivity contribution in [2.24, 2.45) is 0 Å². The molecule has 0 spiro atoms. The Labute approximate surface area is 153 Å². The lowest BCUT2D eigenvalue weighted by atomic mass is 10.1. The predicted molar refractivity (Wildman–Crippen MR) is 103 cm³/mol. The fraction of sp³-hybridized carbons (Fsp3) is 0.182. The van der Waals surface area contributed by atoms with Crippen LogP contribution >= 0.6 is 0 Å². The molecule has 0 unspecified atom stereocenters. The number of aliphatic carboxylic acids is 1. The molecule has 0 saturated heterocycles. The molecule has 0 amide bonds. The first kappa shape index (κ1) is 17.5. The Morgan fingerprint density at radius 1 is 1.19 bits per heavy atom. The van der Waals surface area contributed by atoms with Crippen molar-refractivity contribution in [1.82, 2.24) is 0 Å². The van der Waals surface area contributed by atoms with Crippen molar-refractivity contribution in [2.75, 3.05) is 11.4 Å². The molecule has 1 aliphatic rings. The van der Waals surface area contributed by atoms with E-state index in [1.807, 2.05) is 12.1 Å². The van der Waals surface area contributed by atoms with E-state index in [-0.39, 0.29) is 5.57 Å². The summed E-state index contributed by atoms with van der Waals surface area (Å²) >= 11 is 0. The number of rotatable bonds is 4. The number of fused-ring (bicyclic) bond motifs is 1. The Kier molecular flexibility index (Phi) is 4.90. The van der Waals surface area contributed by atoms with Crippen molar-refractivity contribution < 1.29 is 9.90 Å². The Balaban J connectivity index is 1.85. The summed E-state index contributed by atoms with van der Waals surface area (Å²) in [6.45, 7) is 5.19. The van der Waals surface area contributed by atoms with Crippen LogP contribution < -0.4 is 4.90 Å². The third-order valence-electron chi connectivity index (χ3n) is 4.54. The van der Waals surface area contributed by atoms with Crippen LogP contribution in [0.1, 0.15) is 22.3 Å². The second kappa shape index (κ2) is 7.28. The van der Waals surface area contributed by atoms with E-state index in [4.69, 9.17) is 10.4 Å². The topological polar surface area (TPSA) is 64.3 Å². The summed E-state index contributed by atoms with van der Waals surface area (Å²) in [6, 6.07) is 14.4. The van der Waals surface area contributed by atoms with Gasteiger partial charge in [0.05, 0.1) is 0 Å². The minimum atomic E-state index is -1.21. The van der Waals surface area contributed by atoms with E-state index in [1.54, 1.807) is 12.1 Å². The van der Waals surface area contributed by atoms with Gasteiger partial charge in [0.25, 0.3) is 0 Å². The van der Waals surface area contributed by atoms with Gasteiger partial charge in [-0.25, -0.2) is 4.79 Å². The van der Waals surface area contributed by atoms with E-state index >= 15 is 0 Å². The van der Waals surface area contributed by atoms with Crippen LogP contribution in [0.25, 0.3) is 6.08 Å². The second-order valence-electron chi connectivity index (χ2n) is 6.44. The number of benzene rings is 2. The summed E-state index contributed by atoms with van der Waals surface area (Å²) < 4.78 is 0. The highest BCUT2D eigenvalue weighted by Gasteiger charge is 2.21. The number of anilines is 2. The molecule has 4 heteroatoms. The van der Waals surface area contributed by atoms with Gasteiger partial charge in [0.1, 0.15) is 11.6 Å². The number of hydrogen-bond acceptors (Lipinski definition) is 3. The zero-order valence-electron chi connectivity index (χ0n) is 14.9. The number of hydrogen-bond donors (Lipinski definition) is 1. The van der Waals surface area contributed by atoms with Crippen LogP contribution in [-0.2, 0) is 11.2 Å². The maximum absolute atomic E-state index is 10.8. The van der Waals surface area contributed by atoms with Gasteiger partial charge in [-0.2, -0.15) is 5.26 Å². The molecule has 130 valence electrons. The number of allylic oxidation sites excluding steroid dienone is 2. The highest BCUT2D eigenvalue weighted by molar-refractivity contribution is 5.91. The first-order chi connectivity index (χ1) is 12.5. The molecule has 0 bridgehead atoms. The van der Waals surface area contributed by atoms with Crippen LogP contribution in [0.4, 0.5) is 11.4 Å². The fourth-order valence-corrected chi connectivity index (χ4v) is 3.30. The normalized spacial score (nSPS) is 13.7. The molecule has 0 saturated carbocycles. The highest BCUT2D eigenvalue weighted by Crippen LogP contribution is 2.37. The molecule has 0 aliphatic carbocycles. The van der Waals surface area contributed by atoms with Crippen molar-refractivity contribution in [3.8, 4) is 6.07 Å². The van der Waals surface area contributed by atoms with E-state index in [0.29, 0.717) is 0 Å². The first-order valence-electron chi connectivity index (χ1n) is 8.49. The summed E-state index contributed by atoms with van der Waals surface area (Å²) in [5.74, 6) is -1.21. The van der Waals surface area contributed by atoms with Gasteiger partial charge in [0.2, 0.25) is 0 Å². The van der Waals surface area contributed by atoms with Gasteiger partial charge in [-0.15, -0.1) is 0 Å². The summed E-state index contributed by atoms with van der Waals surface area (Å²) in [7, 11) is 0. The number of nitrogens with zero attached hydrogens (tertiary/aromatic N) is 2. The lowest BCUT2D eigenvalue weighted by Crippen LogP contribution is -2.14. The van der Waals surface area contributed by atoms with Crippen molar-refractivity contribution >= 4 is 23.4 Å². The van der Waals surface area contributed by atoms with Crippen molar-refractivity contribution in [2.45, 2.75) is 20.3 Å². The molecule has 1 aliphatic heterocycles. The van der Waals surface area contributed by atoms with E-state index in [2.05, 4.69) is 49.1 Å². The predicted octanol–water partition coefficient (Wildman–Crippen LogP) is 4.55. The summed E-state index contributed by atoms with van der Waals surface area (Å²) in [4.78, 5) is 13.2. The van der Waals surface area contributed by atoms with Gasteiger partial charge < -0.3 is 10.0 Å². The number of nitriles is 1. The molecule has 2 aromatic rings. The lowest BCUT2D eigenvalue weighted by Gasteiger charge is -2.22. The summed E-state index contributed by atoms with van der Waals surface area (Å²) in [5, 5.41) is 17.6. The summed E-state index contributed by atoms with van der Waals surface area (Å²) in [5.41, 5.74) is 6.97. The van der Waals surface area contributed by atoms with E-state index in [9.17, 15) is 4.79 Å². The number of carboxylic acid groups (broad SMARTS) is 1. The van der Waals surface area contributed by atoms with Crippen LogP contribution in [-0.4, -0.2) is 17.6 Å². The van der Waals surface area contributed by atoms with Gasteiger partial charge in [-0.1, -0.05) is 35.9 Å². The van der Waals surface area contributed by atoms with Gasteiger partial charge in [-0.3, -0.25) is 0 Å². The number of carboxylic acids is 1. The molecule has 1 heterocycles. The highest BCUT2D eigenvalue weighted by atomic mass is 16.4. The average Bonchev–Trinajstić information content (AvgIpc) is 3.01. The average molecular weight is 344 g/mol. The Morgan fingerprint density at radius 2 is 1.96 bits per heavy atom. The maximum atomic E-state index is 10.8. The molecule has 0 aromatic heterocycles. The Hall–Kier alpha value is -3.32. The molecule has 3 rings (SSSR count). The quantitative estimate of drug-likeness (QED) is 0.502. The van der Waals surface area contributed by atoms with Crippen LogP contribution in [0.5, 0.6) is 0 Å². The molecule has 2 aromatic carbocycles. The zero-order valence-corrected chi connectivity index (χ0v) is 14.9. The van der Waals surface area contributed by atoms with Crippen LogP contribution in [0.15, 0.2) is 54.1 Å². The molecule has 1 N–H and O–H groups in total. The van der Waals surface area contributed by atoms with Gasteiger partial charge in [0.15, 0.2) is 0 Å². The molecular weight excluding hydrogens is 324 g/mol. The van der Waals surface area contributed by atoms with Crippen LogP contribution in [0.2, 0.25) is 0 Å². The first-order valence-corrected chi connectivity index (χ1v) is 8.49. The van der Waals surface area contributed by atoms with Crippen molar-refractivity contribution in [3.05, 3.63) is 76.4 Å². The minimum absolute atomic E-state index is 0.275. The standard InChI is InChI=1S/C22H20N2O2/c1-15-6-8-20(16(2)12-15)24-11-10-18-13-17(7-9-21(18)24)4-3-5-19(14-23)22(25)26/h3-9,12-13H,10-11H2,1-2H3,(H,25,26). The monoisotopic (exact) mass is 344 g/mol. The molecule has 4 nitrogen and oxygen atoms in total. The zero-order chi connectivity index (χ0) is 18.7. The van der Waals surface area contributed by atoms with Crippen LogP contribution in [0.3, 0.4) is 0 Å². The largest absolute Gasteiger partial charge is 0.477 e. The van der Waals surface area contributed by atoms with Gasteiger partial charge in [-0.05, 0) is 61.2 Å². The Bertz CT molecular complexity index is 965. The van der Waals surface area contributed by atoms with Crippen molar-refractivity contribution in [3.63, 3.8) is 0 Å². The van der Waals surface area contributed by atoms with Crippen LogP contribution in [0, 0.1) is 25.2 Å². The number of aryl methyl sites for hydroxylation is 2. The van der Waals surface area contributed by atoms with E-state index < -0.39 is 5.97 Å². The molecular formula is C22H20N2O2. The molecule has 26 heavy (non-hydrogen) atoms. The molecule has 0 radical (unpaired) electrons. The second-order valence-corrected chi connectivity index (χ2v) is 6.44. The summed E-state index contributed by atoms with van der Waals surface area (Å²) in [6.07, 6.45) is 5.71. The third-order valence-corrected chi connectivity index (χ3v) is 4.54. The smallest absolute Gasteiger partial charge is 0.346 e. The number of carbonyl (C=O) groups is 1. The maximum Gasteiger partial charge on any atom is 0.346 e. The van der Waals surface area contributed by atoms with E-state index in [1.165, 1.54) is 34.1 Å². The Morgan fingerprint density at radius 3 is 2.65 bits per heavy atom. The fourth-order valence-electron chi connectivity index (χ4n) is 3.30. The molecule has 0 atom stereocenters. The minimum Gasteiger partial charge on any atom is -0.477 e.